The van der Waals surface area contributed by atoms with Crippen molar-refractivity contribution in [3.63, 3.8) is 0 Å². The Morgan fingerprint density at radius 1 is 1.28 bits per heavy atom. The summed E-state index contributed by atoms with van der Waals surface area (Å²) in [4.78, 5) is 23.0. The van der Waals surface area contributed by atoms with Crippen LogP contribution in [-0.4, -0.2) is 22.5 Å². The summed E-state index contributed by atoms with van der Waals surface area (Å²) in [6, 6.07) is 0. The second-order valence-corrected chi connectivity index (χ2v) is 5.56. The van der Waals surface area contributed by atoms with Crippen molar-refractivity contribution in [3.05, 3.63) is 0 Å². The van der Waals surface area contributed by atoms with Crippen LogP contribution in [0, 0.1) is 11.8 Å². The first kappa shape index (κ1) is 15.0. The van der Waals surface area contributed by atoms with Crippen molar-refractivity contribution in [1.29, 1.82) is 0 Å². The number of carboxylic acid groups (broad SMARTS) is 1. The average Bonchev–Trinajstić information content (AvgIpc) is 2.26. The zero-order valence-electron chi connectivity index (χ0n) is 11.7. The molecule has 0 bridgehead atoms. The van der Waals surface area contributed by atoms with Crippen LogP contribution in [0.15, 0.2) is 0 Å². The maximum absolute atomic E-state index is 12.2. The van der Waals surface area contributed by atoms with Gasteiger partial charge in [-0.2, -0.15) is 0 Å². The highest BCUT2D eigenvalue weighted by Crippen LogP contribution is 2.35. The minimum Gasteiger partial charge on any atom is -0.481 e. The first-order chi connectivity index (χ1) is 8.44. The third-order valence-electron chi connectivity index (χ3n) is 4.36. The fourth-order valence-electron chi connectivity index (χ4n) is 2.82. The van der Waals surface area contributed by atoms with Gasteiger partial charge >= 0.3 is 5.97 Å². The van der Waals surface area contributed by atoms with Gasteiger partial charge in [-0.3, -0.25) is 9.59 Å². The topological polar surface area (TPSA) is 66.4 Å². The molecule has 1 fully saturated rings. The second kappa shape index (κ2) is 6.21. The van der Waals surface area contributed by atoms with Gasteiger partial charge in [0.15, 0.2) is 0 Å². The van der Waals surface area contributed by atoms with Crippen molar-refractivity contribution in [1.82, 2.24) is 5.32 Å². The lowest BCUT2D eigenvalue weighted by atomic mass is 9.73. The lowest BCUT2D eigenvalue weighted by Gasteiger charge is -2.42. The van der Waals surface area contributed by atoms with Crippen LogP contribution < -0.4 is 5.32 Å². The Bertz CT molecular complexity index is 306. The smallest absolute Gasteiger partial charge is 0.305 e. The molecule has 0 radical (unpaired) electrons. The second-order valence-electron chi connectivity index (χ2n) is 5.56. The highest BCUT2D eigenvalue weighted by molar-refractivity contribution is 5.80. The Balaban J connectivity index is 2.59. The Hall–Kier alpha value is -1.06. The van der Waals surface area contributed by atoms with E-state index in [0.717, 1.165) is 32.1 Å². The van der Waals surface area contributed by atoms with Crippen LogP contribution in [0.4, 0.5) is 0 Å². The van der Waals surface area contributed by atoms with Gasteiger partial charge in [0.2, 0.25) is 5.91 Å². The molecule has 1 rings (SSSR count). The fraction of sp³-hybridized carbons (Fsp3) is 0.857. The molecule has 1 atom stereocenters. The molecule has 4 nitrogen and oxygen atoms in total. The first-order valence-corrected chi connectivity index (χ1v) is 6.98. The van der Waals surface area contributed by atoms with Crippen molar-refractivity contribution in [2.24, 2.45) is 11.8 Å². The van der Waals surface area contributed by atoms with E-state index in [-0.39, 0.29) is 18.2 Å². The number of nitrogens with one attached hydrogen (secondary N) is 1. The molecule has 0 heterocycles. The van der Waals surface area contributed by atoms with E-state index in [9.17, 15) is 9.59 Å². The predicted molar refractivity (Wildman–Crippen MR) is 70.2 cm³/mol. The van der Waals surface area contributed by atoms with Crippen LogP contribution >= 0.6 is 0 Å². The van der Waals surface area contributed by atoms with Crippen LogP contribution in [0.25, 0.3) is 0 Å². The Kier molecular flexibility index (Phi) is 5.17. The van der Waals surface area contributed by atoms with Crippen molar-refractivity contribution in [3.8, 4) is 0 Å². The molecule has 1 aliphatic carbocycles. The van der Waals surface area contributed by atoms with E-state index in [1.54, 1.807) is 0 Å². The zero-order valence-corrected chi connectivity index (χ0v) is 11.7. The molecule has 1 saturated carbocycles. The lowest BCUT2D eigenvalue weighted by molar-refractivity contribution is -0.141. The highest BCUT2D eigenvalue weighted by Gasteiger charge is 2.41. The van der Waals surface area contributed by atoms with Gasteiger partial charge in [-0.05, 0) is 25.2 Å². The van der Waals surface area contributed by atoms with Gasteiger partial charge in [0, 0.05) is 5.92 Å². The molecule has 104 valence electrons. The minimum atomic E-state index is -0.829. The standard InChI is InChI=1S/C14H25NO3/c1-4-11(5-2)10(3)13(18)15-14(7-6-8-14)9-12(16)17/h10-11H,4-9H2,1-3H3,(H,15,18)(H,16,17). The molecule has 1 unspecified atom stereocenters. The number of carbonyl (C=O) groups is 2. The number of hydrogen-bond donors (Lipinski definition) is 2. The Morgan fingerprint density at radius 3 is 2.17 bits per heavy atom. The molecule has 18 heavy (non-hydrogen) atoms. The summed E-state index contributed by atoms with van der Waals surface area (Å²) in [6.07, 6.45) is 4.61. The van der Waals surface area contributed by atoms with Crippen LogP contribution in [0.3, 0.4) is 0 Å². The molecular formula is C14H25NO3. The van der Waals surface area contributed by atoms with E-state index >= 15 is 0 Å². The van der Waals surface area contributed by atoms with Crippen LogP contribution in [0.1, 0.15) is 59.3 Å². The van der Waals surface area contributed by atoms with Gasteiger partial charge in [-0.25, -0.2) is 0 Å². The molecule has 4 heteroatoms. The molecular weight excluding hydrogens is 230 g/mol. The van der Waals surface area contributed by atoms with Gasteiger partial charge in [0.25, 0.3) is 0 Å². The number of carboxylic acids is 1. The molecule has 2 N–H and O–H groups in total. The summed E-state index contributed by atoms with van der Waals surface area (Å²) in [5.41, 5.74) is -0.469. The quantitative estimate of drug-likeness (QED) is 0.734. The largest absolute Gasteiger partial charge is 0.481 e. The first-order valence-electron chi connectivity index (χ1n) is 6.98. The maximum Gasteiger partial charge on any atom is 0.305 e. The van der Waals surface area contributed by atoms with Crippen molar-refractivity contribution in [2.75, 3.05) is 0 Å². The van der Waals surface area contributed by atoms with Crippen LogP contribution in [-0.2, 0) is 9.59 Å². The summed E-state index contributed by atoms with van der Waals surface area (Å²) >= 11 is 0. The van der Waals surface area contributed by atoms with Gasteiger partial charge in [-0.15, -0.1) is 0 Å². The summed E-state index contributed by atoms with van der Waals surface area (Å²) in [5.74, 6) is -0.465. The van der Waals surface area contributed by atoms with Crippen molar-refractivity contribution in [2.45, 2.75) is 64.8 Å². The van der Waals surface area contributed by atoms with Crippen molar-refractivity contribution >= 4 is 11.9 Å². The van der Waals surface area contributed by atoms with E-state index in [1.165, 1.54) is 0 Å². The monoisotopic (exact) mass is 255 g/mol. The summed E-state index contributed by atoms with van der Waals surface area (Å²) in [5, 5.41) is 11.9. The molecule has 1 amide bonds. The van der Waals surface area contributed by atoms with E-state index < -0.39 is 11.5 Å². The molecule has 0 spiro atoms. The van der Waals surface area contributed by atoms with E-state index in [1.807, 2.05) is 6.92 Å². The third-order valence-corrected chi connectivity index (χ3v) is 4.36. The van der Waals surface area contributed by atoms with Crippen molar-refractivity contribution < 1.29 is 14.7 Å². The zero-order chi connectivity index (χ0) is 13.8. The molecule has 0 aliphatic heterocycles. The normalized spacial score (nSPS) is 19.1. The number of carbonyl (C=O) groups excluding carboxylic acids is 1. The van der Waals surface area contributed by atoms with Gasteiger partial charge in [-0.1, -0.05) is 33.6 Å². The van der Waals surface area contributed by atoms with Crippen LogP contribution in [0.5, 0.6) is 0 Å². The molecule has 0 saturated heterocycles. The molecule has 0 aromatic heterocycles. The van der Waals surface area contributed by atoms with E-state index in [2.05, 4.69) is 19.2 Å². The Morgan fingerprint density at radius 2 is 1.83 bits per heavy atom. The maximum atomic E-state index is 12.2. The lowest BCUT2D eigenvalue weighted by Crippen LogP contribution is -2.56. The summed E-state index contributed by atoms with van der Waals surface area (Å²) in [6.45, 7) is 6.13. The number of hydrogen-bond acceptors (Lipinski definition) is 2. The Labute approximate surface area is 109 Å². The third kappa shape index (κ3) is 3.47. The van der Waals surface area contributed by atoms with Gasteiger partial charge < -0.3 is 10.4 Å². The number of amides is 1. The number of aliphatic carboxylic acids is 1. The minimum absolute atomic E-state index is 0.0182. The number of rotatable bonds is 7. The highest BCUT2D eigenvalue weighted by atomic mass is 16.4. The van der Waals surface area contributed by atoms with Gasteiger partial charge in [0.1, 0.15) is 0 Å². The molecule has 1 aliphatic rings. The van der Waals surface area contributed by atoms with Gasteiger partial charge in [0.05, 0.1) is 12.0 Å². The SMILES string of the molecule is CCC(CC)C(C)C(=O)NC1(CC(=O)O)CCC1. The fourth-order valence-corrected chi connectivity index (χ4v) is 2.82. The van der Waals surface area contributed by atoms with Crippen LogP contribution in [0.2, 0.25) is 0 Å². The predicted octanol–water partition coefficient (Wildman–Crippen LogP) is 2.57. The molecule has 0 aromatic carbocycles. The summed E-state index contributed by atoms with van der Waals surface area (Å²) in [7, 11) is 0. The van der Waals surface area contributed by atoms with E-state index in [4.69, 9.17) is 5.11 Å². The molecule has 0 aromatic rings. The summed E-state index contributed by atoms with van der Waals surface area (Å²) < 4.78 is 0. The average molecular weight is 255 g/mol. The van der Waals surface area contributed by atoms with E-state index in [0.29, 0.717) is 5.92 Å².